The van der Waals surface area contributed by atoms with Crippen LogP contribution in [0.25, 0.3) is 0 Å². The summed E-state index contributed by atoms with van der Waals surface area (Å²) in [5.74, 6) is 1.31. The van der Waals surface area contributed by atoms with E-state index in [0.29, 0.717) is 46.6 Å². The van der Waals surface area contributed by atoms with Gasteiger partial charge in [-0.25, -0.2) is 9.37 Å². The number of halogens is 2. The molecule has 40 heavy (non-hydrogen) atoms. The third-order valence-electron chi connectivity index (χ3n) is 6.21. The topological polar surface area (TPSA) is 51.7 Å². The van der Waals surface area contributed by atoms with Gasteiger partial charge in [0.15, 0.2) is 0 Å². The summed E-state index contributed by atoms with van der Waals surface area (Å²) in [4.78, 5) is 19.6. The Morgan fingerprint density at radius 2 is 1.35 bits per heavy atom. The Morgan fingerprint density at radius 1 is 0.725 bits per heavy atom. The molecule has 0 atom stereocenters. The Balaban J connectivity index is 1.26. The van der Waals surface area contributed by atoms with Crippen molar-refractivity contribution in [2.75, 3.05) is 4.90 Å². The lowest BCUT2D eigenvalue weighted by Gasteiger charge is -2.22. The highest BCUT2D eigenvalue weighted by Gasteiger charge is 2.19. The zero-order valence-corrected chi connectivity index (χ0v) is 22.3. The van der Waals surface area contributed by atoms with Crippen molar-refractivity contribution < 1.29 is 18.7 Å². The second-order valence-electron chi connectivity index (χ2n) is 9.04. The summed E-state index contributed by atoms with van der Waals surface area (Å²) in [7, 11) is 0. The van der Waals surface area contributed by atoms with Crippen LogP contribution in [0.15, 0.2) is 121 Å². The zero-order valence-electron chi connectivity index (χ0n) is 21.5. The van der Waals surface area contributed by atoms with E-state index in [1.807, 2.05) is 54.6 Å². The lowest BCUT2D eigenvalue weighted by Crippen LogP contribution is -2.31. The molecule has 0 unspecified atom stereocenters. The molecule has 5 rings (SSSR count). The molecule has 1 heterocycles. The molecule has 200 valence electrons. The van der Waals surface area contributed by atoms with Crippen LogP contribution in [0.2, 0.25) is 5.02 Å². The van der Waals surface area contributed by atoms with Crippen molar-refractivity contribution in [2.24, 2.45) is 0 Å². The second kappa shape index (κ2) is 12.9. The van der Waals surface area contributed by atoms with E-state index in [4.69, 9.17) is 21.1 Å². The molecule has 0 saturated heterocycles. The standard InChI is InChI=1S/C33H26ClFN2O3/c34-28-14-8-25(9-15-28)22-39-30-18-12-26(13-19-30)33(38)37(32-7-3-4-20-36-32)21-24-10-16-29(17-11-24)40-23-27-5-1-2-6-31(27)35/h1-20H,21-23H2. The maximum Gasteiger partial charge on any atom is 0.259 e. The van der Waals surface area contributed by atoms with Gasteiger partial charge in [0, 0.05) is 22.3 Å². The van der Waals surface area contributed by atoms with Crippen LogP contribution in [-0.4, -0.2) is 10.9 Å². The number of anilines is 1. The van der Waals surface area contributed by atoms with Crippen molar-refractivity contribution in [3.8, 4) is 11.5 Å². The number of amides is 1. The summed E-state index contributed by atoms with van der Waals surface area (Å²) >= 11 is 5.94. The summed E-state index contributed by atoms with van der Waals surface area (Å²) in [6.45, 7) is 0.826. The maximum atomic E-state index is 13.9. The van der Waals surface area contributed by atoms with Crippen LogP contribution in [-0.2, 0) is 19.8 Å². The molecule has 1 aromatic heterocycles. The number of hydrogen-bond donors (Lipinski definition) is 0. The van der Waals surface area contributed by atoms with E-state index in [1.165, 1.54) is 6.07 Å². The van der Waals surface area contributed by atoms with E-state index in [9.17, 15) is 9.18 Å². The average molecular weight is 553 g/mol. The second-order valence-corrected chi connectivity index (χ2v) is 9.48. The number of ether oxygens (including phenoxy) is 2. The number of benzene rings is 4. The molecule has 0 spiro atoms. The number of carbonyl (C=O) groups is 1. The molecule has 5 nitrogen and oxygen atoms in total. The molecule has 0 aliphatic heterocycles. The minimum absolute atomic E-state index is 0.129. The molecule has 0 N–H and O–H groups in total. The number of rotatable bonds is 10. The SMILES string of the molecule is O=C(c1ccc(OCc2ccc(Cl)cc2)cc1)N(Cc1ccc(OCc2ccccc2F)cc1)c1ccccn1. The van der Waals surface area contributed by atoms with Crippen LogP contribution < -0.4 is 14.4 Å². The van der Waals surface area contributed by atoms with Crippen LogP contribution in [0, 0.1) is 5.82 Å². The highest BCUT2D eigenvalue weighted by atomic mass is 35.5. The Bertz CT molecular complexity index is 1540. The highest BCUT2D eigenvalue weighted by molar-refractivity contribution is 6.30. The number of carbonyl (C=O) groups excluding carboxylic acids is 1. The van der Waals surface area contributed by atoms with Gasteiger partial charge in [-0.3, -0.25) is 9.69 Å². The van der Waals surface area contributed by atoms with Crippen molar-refractivity contribution in [2.45, 2.75) is 19.8 Å². The minimum Gasteiger partial charge on any atom is -0.489 e. The highest BCUT2D eigenvalue weighted by Crippen LogP contribution is 2.22. The third kappa shape index (κ3) is 7.04. The normalized spacial score (nSPS) is 10.7. The molecule has 0 aliphatic carbocycles. The minimum atomic E-state index is -0.301. The molecule has 0 fully saturated rings. The summed E-state index contributed by atoms with van der Waals surface area (Å²) in [5, 5.41) is 0.674. The third-order valence-corrected chi connectivity index (χ3v) is 6.46. The van der Waals surface area contributed by atoms with E-state index in [-0.39, 0.29) is 18.3 Å². The summed E-state index contributed by atoms with van der Waals surface area (Å²) in [6.07, 6.45) is 1.66. The molecule has 1 amide bonds. The first-order valence-corrected chi connectivity index (χ1v) is 13.1. The van der Waals surface area contributed by atoms with E-state index in [0.717, 1.165) is 11.1 Å². The van der Waals surface area contributed by atoms with Crippen LogP contribution in [0.1, 0.15) is 27.0 Å². The van der Waals surface area contributed by atoms with Gasteiger partial charge < -0.3 is 9.47 Å². The fraction of sp³-hybridized carbons (Fsp3) is 0.0909. The molecule has 7 heteroatoms. The Morgan fingerprint density at radius 3 is 2.02 bits per heavy atom. The van der Waals surface area contributed by atoms with E-state index >= 15 is 0 Å². The summed E-state index contributed by atoms with van der Waals surface area (Å²) in [5.41, 5.74) is 2.88. The fourth-order valence-corrected chi connectivity index (χ4v) is 4.14. The number of hydrogen-bond acceptors (Lipinski definition) is 4. The zero-order chi connectivity index (χ0) is 27.7. The first-order chi connectivity index (χ1) is 19.5. The predicted octanol–water partition coefficient (Wildman–Crippen LogP) is 7.88. The largest absolute Gasteiger partial charge is 0.489 e. The summed E-state index contributed by atoms with van der Waals surface area (Å²) in [6, 6.07) is 33.9. The maximum absolute atomic E-state index is 13.9. The fourth-order valence-electron chi connectivity index (χ4n) is 4.02. The van der Waals surface area contributed by atoms with Crippen LogP contribution in [0.5, 0.6) is 11.5 Å². The summed E-state index contributed by atoms with van der Waals surface area (Å²) < 4.78 is 25.5. The molecule has 0 radical (unpaired) electrons. The smallest absolute Gasteiger partial charge is 0.259 e. The van der Waals surface area contributed by atoms with Crippen molar-refractivity contribution in [1.29, 1.82) is 0 Å². The van der Waals surface area contributed by atoms with Gasteiger partial charge in [-0.15, -0.1) is 0 Å². The van der Waals surface area contributed by atoms with E-state index in [1.54, 1.807) is 65.7 Å². The Hall–Kier alpha value is -4.68. The number of pyridine rings is 1. The lowest BCUT2D eigenvalue weighted by molar-refractivity contribution is 0.0984. The van der Waals surface area contributed by atoms with Gasteiger partial charge in [-0.1, -0.05) is 60.1 Å². The van der Waals surface area contributed by atoms with Gasteiger partial charge in [-0.2, -0.15) is 0 Å². The molecule has 0 saturated carbocycles. The average Bonchev–Trinajstić information content (AvgIpc) is 3.00. The van der Waals surface area contributed by atoms with Crippen LogP contribution in [0.4, 0.5) is 10.2 Å². The van der Waals surface area contributed by atoms with Crippen molar-refractivity contribution in [1.82, 2.24) is 4.98 Å². The van der Waals surface area contributed by atoms with Gasteiger partial charge in [0.1, 0.15) is 36.3 Å². The number of nitrogens with zero attached hydrogens (tertiary/aromatic N) is 2. The lowest BCUT2D eigenvalue weighted by atomic mass is 10.1. The molecule has 5 aromatic rings. The van der Waals surface area contributed by atoms with E-state index < -0.39 is 0 Å². The van der Waals surface area contributed by atoms with Gasteiger partial charge in [-0.05, 0) is 77.9 Å². The molecule has 0 aliphatic rings. The van der Waals surface area contributed by atoms with Crippen molar-refractivity contribution >= 4 is 23.3 Å². The Labute approximate surface area is 237 Å². The van der Waals surface area contributed by atoms with Gasteiger partial charge >= 0.3 is 0 Å². The Kier molecular flexibility index (Phi) is 8.69. The molecule has 0 bridgehead atoms. The number of aromatic nitrogens is 1. The first kappa shape index (κ1) is 26.9. The predicted molar refractivity (Wildman–Crippen MR) is 154 cm³/mol. The quantitative estimate of drug-likeness (QED) is 0.177. The first-order valence-electron chi connectivity index (χ1n) is 12.7. The molecular formula is C33H26ClFN2O3. The molecule has 4 aromatic carbocycles. The van der Waals surface area contributed by atoms with Crippen molar-refractivity contribution in [3.63, 3.8) is 0 Å². The van der Waals surface area contributed by atoms with Gasteiger partial charge in [0.25, 0.3) is 5.91 Å². The van der Waals surface area contributed by atoms with Gasteiger partial charge in [0.05, 0.1) is 6.54 Å². The van der Waals surface area contributed by atoms with Crippen molar-refractivity contribution in [3.05, 3.63) is 155 Å². The van der Waals surface area contributed by atoms with Gasteiger partial charge in [0.2, 0.25) is 0 Å². The molecular weight excluding hydrogens is 527 g/mol. The van der Waals surface area contributed by atoms with Crippen LogP contribution in [0.3, 0.4) is 0 Å². The van der Waals surface area contributed by atoms with E-state index in [2.05, 4.69) is 4.98 Å². The van der Waals surface area contributed by atoms with Crippen LogP contribution >= 0.6 is 11.6 Å². The monoisotopic (exact) mass is 552 g/mol.